The van der Waals surface area contributed by atoms with Gasteiger partial charge < -0.3 is 18.2 Å². The van der Waals surface area contributed by atoms with Crippen LogP contribution in [0.15, 0.2) is 171 Å². The summed E-state index contributed by atoms with van der Waals surface area (Å²) in [4.78, 5) is 2.51. The van der Waals surface area contributed by atoms with Gasteiger partial charge in [0, 0.05) is 32.8 Å². The SMILES string of the molecule is c1ccc2c(c1)B1c3ccc4oc5ccccc5c4c3N(c3cccc4oc5ccccc5c34)c3cc(-c4cccc5c4oc4ccccc45)cc-2c31. The van der Waals surface area contributed by atoms with E-state index in [-0.39, 0.29) is 6.71 Å². The van der Waals surface area contributed by atoms with Gasteiger partial charge in [-0.15, -0.1) is 0 Å². The molecule has 0 unspecified atom stereocenters. The van der Waals surface area contributed by atoms with E-state index in [0.717, 1.165) is 94.0 Å². The lowest BCUT2D eigenvalue weighted by atomic mass is 9.37. The third-order valence-electron chi connectivity index (χ3n) is 11.7. The van der Waals surface area contributed by atoms with Crippen molar-refractivity contribution < 1.29 is 13.3 Å². The molecular formula is C48H26BNO3. The molecule has 4 nitrogen and oxygen atoms in total. The molecule has 0 N–H and O–H groups in total. The molecule has 8 aromatic carbocycles. The summed E-state index contributed by atoms with van der Waals surface area (Å²) >= 11 is 0. The lowest BCUT2D eigenvalue weighted by Crippen LogP contribution is -2.54. The lowest BCUT2D eigenvalue weighted by Gasteiger charge is -2.37. The molecule has 13 rings (SSSR count). The Morgan fingerprint density at radius 1 is 0.396 bits per heavy atom. The van der Waals surface area contributed by atoms with E-state index >= 15 is 0 Å². The first-order valence-corrected chi connectivity index (χ1v) is 18.1. The summed E-state index contributed by atoms with van der Waals surface area (Å²) in [7, 11) is 0. The van der Waals surface area contributed by atoms with Crippen molar-refractivity contribution in [1.29, 1.82) is 0 Å². The van der Waals surface area contributed by atoms with Crippen molar-refractivity contribution in [2.75, 3.05) is 4.90 Å². The van der Waals surface area contributed by atoms with Gasteiger partial charge in [0.1, 0.15) is 33.5 Å². The predicted octanol–water partition coefficient (Wildman–Crippen LogP) is 11.3. The van der Waals surface area contributed by atoms with E-state index in [1.54, 1.807) is 0 Å². The van der Waals surface area contributed by atoms with Crippen LogP contribution in [0, 0.1) is 0 Å². The van der Waals surface area contributed by atoms with Crippen molar-refractivity contribution in [1.82, 2.24) is 0 Å². The maximum Gasteiger partial charge on any atom is 0.248 e. The summed E-state index contributed by atoms with van der Waals surface area (Å²) in [5.74, 6) is 0. The summed E-state index contributed by atoms with van der Waals surface area (Å²) in [6, 6.07) is 56.3. The molecule has 0 aliphatic carbocycles. The molecule has 0 atom stereocenters. The topological polar surface area (TPSA) is 42.7 Å². The molecule has 244 valence electrons. The predicted molar refractivity (Wildman–Crippen MR) is 218 cm³/mol. The van der Waals surface area contributed by atoms with E-state index in [9.17, 15) is 0 Å². The Kier molecular flexibility index (Phi) is 5.16. The van der Waals surface area contributed by atoms with Crippen LogP contribution < -0.4 is 21.3 Å². The van der Waals surface area contributed by atoms with Gasteiger partial charge >= 0.3 is 0 Å². The number of rotatable bonds is 2. The third-order valence-corrected chi connectivity index (χ3v) is 11.7. The first kappa shape index (κ1) is 27.7. The minimum atomic E-state index is 0.0526. The fourth-order valence-electron chi connectivity index (χ4n) is 9.55. The largest absolute Gasteiger partial charge is 0.456 e. The van der Waals surface area contributed by atoms with Crippen molar-refractivity contribution in [2.24, 2.45) is 0 Å². The molecule has 11 aromatic rings. The van der Waals surface area contributed by atoms with E-state index in [1.807, 2.05) is 18.2 Å². The zero-order valence-corrected chi connectivity index (χ0v) is 28.3. The van der Waals surface area contributed by atoms with Crippen molar-refractivity contribution in [3.8, 4) is 22.3 Å². The maximum atomic E-state index is 6.66. The van der Waals surface area contributed by atoms with Crippen LogP contribution in [-0.2, 0) is 0 Å². The first-order valence-electron chi connectivity index (χ1n) is 18.1. The molecule has 5 heterocycles. The zero-order valence-electron chi connectivity index (χ0n) is 28.3. The lowest BCUT2D eigenvalue weighted by molar-refractivity contribution is 0.669. The molecule has 0 saturated heterocycles. The van der Waals surface area contributed by atoms with E-state index in [2.05, 4.69) is 144 Å². The number of benzene rings is 8. The average molecular weight is 676 g/mol. The second-order valence-electron chi connectivity index (χ2n) is 14.3. The molecule has 0 amide bonds. The Morgan fingerprint density at radius 2 is 1.02 bits per heavy atom. The van der Waals surface area contributed by atoms with Gasteiger partial charge in [0.25, 0.3) is 0 Å². The summed E-state index contributed by atoms with van der Waals surface area (Å²) in [6.07, 6.45) is 0. The van der Waals surface area contributed by atoms with Crippen LogP contribution in [-0.4, -0.2) is 6.71 Å². The van der Waals surface area contributed by atoms with Crippen LogP contribution in [0.2, 0.25) is 0 Å². The average Bonchev–Trinajstić information content (AvgIpc) is 3.97. The van der Waals surface area contributed by atoms with Crippen LogP contribution in [0.25, 0.3) is 88.1 Å². The van der Waals surface area contributed by atoms with E-state index in [4.69, 9.17) is 13.3 Å². The van der Waals surface area contributed by atoms with Crippen LogP contribution >= 0.6 is 0 Å². The Hall–Kier alpha value is -6.98. The Labute approximate surface area is 303 Å². The number of furan rings is 3. The van der Waals surface area contributed by atoms with Crippen LogP contribution in [0.4, 0.5) is 17.1 Å². The number of anilines is 3. The van der Waals surface area contributed by atoms with Crippen LogP contribution in [0.3, 0.4) is 0 Å². The Balaban J connectivity index is 1.22. The first-order chi connectivity index (χ1) is 26.3. The van der Waals surface area contributed by atoms with Gasteiger partial charge in [0.05, 0.1) is 22.1 Å². The standard InChI is InChI=1S/C48H26BNO3/c1-5-17-35-29(11-1)34-25-27(28-15-9-16-31-30-12-2-6-19-39(30)53-48(28)31)26-38-46(34)49(35)36-23-24-43-45(33-14-4-8-21-41(33)52-43)47(36)50(38)37-18-10-22-42-44(37)32-13-3-7-20-40(32)51-42/h1-26H. The van der Waals surface area contributed by atoms with E-state index in [1.165, 1.54) is 27.5 Å². The summed E-state index contributed by atoms with van der Waals surface area (Å²) in [5.41, 5.74) is 17.3. The number of hydrogen-bond donors (Lipinski definition) is 0. The van der Waals surface area contributed by atoms with Crippen LogP contribution in [0.1, 0.15) is 0 Å². The number of nitrogens with zero attached hydrogens (tertiary/aromatic N) is 1. The van der Waals surface area contributed by atoms with Crippen molar-refractivity contribution in [3.05, 3.63) is 158 Å². The second kappa shape index (κ2) is 9.87. The van der Waals surface area contributed by atoms with Gasteiger partial charge in [-0.1, -0.05) is 115 Å². The fraction of sp³-hybridized carbons (Fsp3) is 0. The van der Waals surface area contributed by atoms with Gasteiger partial charge in [0.2, 0.25) is 6.71 Å². The molecule has 0 spiro atoms. The normalized spacial score (nSPS) is 13.2. The minimum Gasteiger partial charge on any atom is -0.456 e. The monoisotopic (exact) mass is 675 g/mol. The highest BCUT2D eigenvalue weighted by molar-refractivity contribution is 7.01. The summed E-state index contributed by atoms with van der Waals surface area (Å²) in [5, 5.41) is 6.64. The fourth-order valence-corrected chi connectivity index (χ4v) is 9.55. The summed E-state index contributed by atoms with van der Waals surface area (Å²) < 4.78 is 19.8. The molecule has 5 heteroatoms. The highest BCUT2D eigenvalue weighted by atomic mass is 16.3. The van der Waals surface area contributed by atoms with Gasteiger partial charge in [-0.25, -0.2) is 0 Å². The molecule has 2 aliphatic heterocycles. The van der Waals surface area contributed by atoms with E-state index in [0.29, 0.717) is 0 Å². The van der Waals surface area contributed by atoms with Gasteiger partial charge in [0.15, 0.2) is 0 Å². The molecule has 0 fully saturated rings. The highest BCUT2D eigenvalue weighted by Gasteiger charge is 2.44. The van der Waals surface area contributed by atoms with Gasteiger partial charge in [-0.05, 0) is 76.1 Å². The van der Waals surface area contributed by atoms with Crippen LogP contribution in [0.5, 0.6) is 0 Å². The molecule has 3 aromatic heterocycles. The zero-order chi connectivity index (χ0) is 34.4. The molecule has 2 aliphatic rings. The Bertz CT molecular complexity index is 3380. The smallest absolute Gasteiger partial charge is 0.248 e. The second-order valence-corrected chi connectivity index (χ2v) is 14.3. The molecule has 0 bridgehead atoms. The molecule has 0 saturated carbocycles. The third kappa shape index (κ3) is 3.51. The maximum absolute atomic E-state index is 6.66. The van der Waals surface area contributed by atoms with Crippen molar-refractivity contribution in [3.63, 3.8) is 0 Å². The molecule has 0 radical (unpaired) electrons. The molecule has 53 heavy (non-hydrogen) atoms. The van der Waals surface area contributed by atoms with Gasteiger partial charge in [-0.2, -0.15) is 0 Å². The van der Waals surface area contributed by atoms with Crippen molar-refractivity contribution in [2.45, 2.75) is 0 Å². The number of para-hydroxylation sites is 4. The van der Waals surface area contributed by atoms with Crippen molar-refractivity contribution >= 4 is 106 Å². The number of fused-ring (bicyclic) bond motifs is 15. The number of hydrogen-bond acceptors (Lipinski definition) is 4. The minimum absolute atomic E-state index is 0.0526. The molecular weight excluding hydrogens is 649 g/mol. The quantitative estimate of drug-likeness (QED) is 0.171. The Morgan fingerprint density at radius 3 is 1.85 bits per heavy atom. The van der Waals surface area contributed by atoms with E-state index < -0.39 is 0 Å². The van der Waals surface area contributed by atoms with Gasteiger partial charge in [-0.3, -0.25) is 0 Å². The highest BCUT2D eigenvalue weighted by Crippen LogP contribution is 2.50. The summed E-state index contributed by atoms with van der Waals surface area (Å²) in [6.45, 7) is 0.0526.